The molecule has 3 aromatic rings. The van der Waals surface area contributed by atoms with Crippen molar-refractivity contribution in [2.75, 3.05) is 0 Å². The van der Waals surface area contributed by atoms with E-state index in [1.54, 1.807) is 37.4 Å². The van der Waals surface area contributed by atoms with Gasteiger partial charge >= 0.3 is 0 Å². The van der Waals surface area contributed by atoms with Crippen molar-refractivity contribution in [3.05, 3.63) is 95.0 Å². The summed E-state index contributed by atoms with van der Waals surface area (Å²) >= 11 is 5.83. The molecule has 0 saturated carbocycles. The molecule has 0 heterocycles. The van der Waals surface area contributed by atoms with Gasteiger partial charge < -0.3 is 9.47 Å². The highest BCUT2D eigenvalue weighted by atomic mass is 35.5. The highest BCUT2D eigenvalue weighted by Crippen LogP contribution is 2.17. The van der Waals surface area contributed by atoms with Gasteiger partial charge in [0.15, 0.2) is 6.10 Å². The van der Waals surface area contributed by atoms with E-state index >= 15 is 0 Å². The SMILES string of the molecule is C[C@H](Oc1ccc(Cl)cc1)C(=O)N/N=C\c1ccc(OCc2ccccc2)cc1. The zero-order valence-electron chi connectivity index (χ0n) is 15.9. The number of hydrogen-bond donors (Lipinski definition) is 1. The first kappa shape index (κ1) is 20.4. The Morgan fingerprint density at radius 2 is 1.66 bits per heavy atom. The lowest BCUT2D eigenvalue weighted by Gasteiger charge is -2.12. The first-order valence-electron chi connectivity index (χ1n) is 9.12. The maximum absolute atomic E-state index is 12.1. The number of nitrogens with zero attached hydrogens (tertiary/aromatic N) is 1. The number of rotatable bonds is 8. The Morgan fingerprint density at radius 3 is 2.34 bits per heavy atom. The lowest BCUT2D eigenvalue weighted by Crippen LogP contribution is -2.33. The predicted octanol–water partition coefficient (Wildman–Crippen LogP) is 4.84. The number of carbonyl (C=O) groups excluding carboxylic acids is 1. The third-order valence-corrected chi connectivity index (χ3v) is 4.26. The van der Waals surface area contributed by atoms with Crippen molar-refractivity contribution in [2.45, 2.75) is 19.6 Å². The van der Waals surface area contributed by atoms with Crippen molar-refractivity contribution in [3.63, 3.8) is 0 Å². The molecule has 0 spiro atoms. The van der Waals surface area contributed by atoms with E-state index in [1.807, 2.05) is 54.6 Å². The molecule has 0 fully saturated rings. The molecule has 29 heavy (non-hydrogen) atoms. The van der Waals surface area contributed by atoms with E-state index in [9.17, 15) is 4.79 Å². The van der Waals surface area contributed by atoms with E-state index in [1.165, 1.54) is 0 Å². The van der Waals surface area contributed by atoms with Crippen molar-refractivity contribution in [1.29, 1.82) is 0 Å². The van der Waals surface area contributed by atoms with Crippen molar-refractivity contribution in [3.8, 4) is 11.5 Å². The van der Waals surface area contributed by atoms with Crippen LogP contribution < -0.4 is 14.9 Å². The fourth-order valence-corrected chi connectivity index (χ4v) is 2.55. The van der Waals surface area contributed by atoms with E-state index < -0.39 is 6.10 Å². The summed E-state index contributed by atoms with van der Waals surface area (Å²) in [5.74, 6) is 0.978. The average Bonchev–Trinajstić information content (AvgIpc) is 2.75. The molecule has 0 aliphatic heterocycles. The van der Waals surface area contributed by atoms with Gasteiger partial charge in [-0.25, -0.2) is 5.43 Å². The molecule has 0 bridgehead atoms. The highest BCUT2D eigenvalue weighted by Gasteiger charge is 2.13. The lowest BCUT2D eigenvalue weighted by molar-refractivity contribution is -0.127. The molecular formula is C23H21ClN2O3. The van der Waals surface area contributed by atoms with E-state index in [-0.39, 0.29) is 5.91 Å². The van der Waals surface area contributed by atoms with Crippen LogP contribution in [0, 0.1) is 0 Å². The number of benzene rings is 3. The van der Waals surface area contributed by atoms with Gasteiger partial charge in [-0.15, -0.1) is 0 Å². The van der Waals surface area contributed by atoms with Crippen LogP contribution in [0.2, 0.25) is 5.02 Å². The van der Waals surface area contributed by atoms with Crippen LogP contribution in [-0.2, 0) is 11.4 Å². The topological polar surface area (TPSA) is 59.9 Å². The minimum Gasteiger partial charge on any atom is -0.489 e. The molecule has 148 valence electrons. The first-order chi connectivity index (χ1) is 14.1. The van der Waals surface area contributed by atoms with Crippen molar-refractivity contribution < 1.29 is 14.3 Å². The van der Waals surface area contributed by atoms with Crippen LogP contribution in [0.15, 0.2) is 84.0 Å². The Morgan fingerprint density at radius 1 is 1.00 bits per heavy atom. The minimum absolute atomic E-state index is 0.348. The Balaban J connectivity index is 1.45. The first-order valence-corrected chi connectivity index (χ1v) is 9.50. The van der Waals surface area contributed by atoms with Gasteiger partial charge in [-0.2, -0.15) is 5.10 Å². The lowest BCUT2D eigenvalue weighted by atomic mass is 10.2. The van der Waals surface area contributed by atoms with Crippen LogP contribution in [0.4, 0.5) is 0 Å². The number of hydrazone groups is 1. The largest absolute Gasteiger partial charge is 0.489 e. The Bertz CT molecular complexity index is 942. The van der Waals surface area contributed by atoms with Crippen LogP contribution in [-0.4, -0.2) is 18.2 Å². The molecule has 0 aliphatic rings. The van der Waals surface area contributed by atoms with Crippen molar-refractivity contribution in [2.24, 2.45) is 5.10 Å². The maximum atomic E-state index is 12.1. The number of amides is 1. The molecule has 5 nitrogen and oxygen atoms in total. The molecule has 1 amide bonds. The summed E-state index contributed by atoms with van der Waals surface area (Å²) < 4.78 is 11.3. The number of ether oxygens (including phenoxy) is 2. The summed E-state index contributed by atoms with van der Waals surface area (Å²) in [6.07, 6.45) is 0.871. The standard InChI is InChI=1S/C23H21ClN2O3/c1-17(29-22-13-9-20(24)10-14-22)23(27)26-25-15-18-7-11-21(12-8-18)28-16-19-5-3-2-4-6-19/h2-15,17H,16H2,1H3,(H,26,27)/b25-15-/t17-/m0/s1. The number of carbonyl (C=O) groups is 1. The van der Waals surface area contributed by atoms with Gasteiger partial charge in [-0.3, -0.25) is 4.79 Å². The summed E-state index contributed by atoms with van der Waals surface area (Å²) in [5.41, 5.74) is 4.42. The van der Waals surface area contributed by atoms with E-state index in [4.69, 9.17) is 21.1 Å². The van der Waals surface area contributed by atoms with Gasteiger partial charge in [0, 0.05) is 5.02 Å². The third-order valence-electron chi connectivity index (χ3n) is 4.01. The monoisotopic (exact) mass is 408 g/mol. The quantitative estimate of drug-likeness (QED) is 0.428. The molecule has 0 radical (unpaired) electrons. The van der Waals surface area contributed by atoms with Crippen molar-refractivity contribution >= 4 is 23.7 Å². The predicted molar refractivity (Wildman–Crippen MR) is 114 cm³/mol. The molecule has 0 aromatic heterocycles. The minimum atomic E-state index is -0.693. The third kappa shape index (κ3) is 6.66. The number of hydrogen-bond acceptors (Lipinski definition) is 4. The second-order valence-corrected chi connectivity index (χ2v) is 6.73. The van der Waals surface area contributed by atoms with Gasteiger partial charge in [0.1, 0.15) is 18.1 Å². The van der Waals surface area contributed by atoms with Crippen LogP contribution in [0.5, 0.6) is 11.5 Å². The zero-order chi connectivity index (χ0) is 20.5. The van der Waals surface area contributed by atoms with Crippen molar-refractivity contribution in [1.82, 2.24) is 5.43 Å². The Kier molecular flexibility index (Phi) is 7.25. The zero-order valence-corrected chi connectivity index (χ0v) is 16.7. The molecule has 0 aliphatic carbocycles. The Labute approximate surface area is 174 Å². The fourth-order valence-electron chi connectivity index (χ4n) is 2.42. The van der Waals surface area contributed by atoms with Crippen LogP contribution in [0.25, 0.3) is 0 Å². The van der Waals surface area contributed by atoms with Gasteiger partial charge in [-0.05, 0) is 66.6 Å². The summed E-state index contributed by atoms with van der Waals surface area (Å²) in [6.45, 7) is 2.16. The Hall–Kier alpha value is -3.31. The normalized spacial score (nSPS) is 11.8. The molecule has 6 heteroatoms. The maximum Gasteiger partial charge on any atom is 0.280 e. The summed E-state index contributed by atoms with van der Waals surface area (Å²) in [5, 5.41) is 4.58. The number of nitrogens with one attached hydrogen (secondary N) is 1. The second kappa shape index (κ2) is 10.3. The average molecular weight is 409 g/mol. The molecule has 0 unspecified atom stereocenters. The van der Waals surface area contributed by atoms with E-state index in [0.29, 0.717) is 17.4 Å². The smallest absolute Gasteiger partial charge is 0.280 e. The molecule has 3 rings (SSSR count). The highest BCUT2D eigenvalue weighted by molar-refractivity contribution is 6.30. The molecule has 1 atom stereocenters. The second-order valence-electron chi connectivity index (χ2n) is 6.29. The summed E-state index contributed by atoms with van der Waals surface area (Å²) in [6, 6.07) is 24.2. The fraction of sp³-hybridized carbons (Fsp3) is 0.130. The van der Waals surface area contributed by atoms with Gasteiger partial charge in [0.2, 0.25) is 0 Å². The van der Waals surface area contributed by atoms with E-state index in [2.05, 4.69) is 10.5 Å². The van der Waals surface area contributed by atoms with Gasteiger partial charge in [-0.1, -0.05) is 41.9 Å². The summed E-state index contributed by atoms with van der Waals surface area (Å²) in [4.78, 5) is 12.1. The molecule has 0 saturated heterocycles. The van der Waals surface area contributed by atoms with E-state index in [0.717, 1.165) is 16.9 Å². The summed E-state index contributed by atoms with van der Waals surface area (Å²) in [7, 11) is 0. The van der Waals surface area contributed by atoms with Crippen LogP contribution >= 0.6 is 11.6 Å². The molecule has 1 N–H and O–H groups in total. The number of halogens is 1. The van der Waals surface area contributed by atoms with Gasteiger partial charge in [0.25, 0.3) is 5.91 Å². The van der Waals surface area contributed by atoms with Crippen LogP contribution in [0.1, 0.15) is 18.1 Å². The van der Waals surface area contributed by atoms with Crippen LogP contribution in [0.3, 0.4) is 0 Å². The molecular weight excluding hydrogens is 388 g/mol. The van der Waals surface area contributed by atoms with Gasteiger partial charge in [0.05, 0.1) is 6.21 Å². The molecule has 3 aromatic carbocycles.